The molecule has 0 spiro atoms. The molecular formula is C7H14N2. The Morgan fingerprint density at radius 2 is 2.11 bits per heavy atom. The van der Waals surface area contributed by atoms with Gasteiger partial charge in [0.15, 0.2) is 0 Å². The first-order valence-electron chi connectivity index (χ1n) is 3.66. The van der Waals surface area contributed by atoms with Crippen molar-refractivity contribution >= 4 is 5.71 Å². The Labute approximate surface area is 56.2 Å². The maximum atomic E-state index is 7.36. The van der Waals surface area contributed by atoms with E-state index in [4.69, 9.17) is 5.41 Å². The zero-order valence-corrected chi connectivity index (χ0v) is 5.74. The Balaban J connectivity index is 2.20. The van der Waals surface area contributed by atoms with Crippen molar-refractivity contribution in [2.45, 2.75) is 25.7 Å². The number of hydrogen-bond donors (Lipinski definition) is 2. The van der Waals surface area contributed by atoms with E-state index in [0.29, 0.717) is 0 Å². The van der Waals surface area contributed by atoms with Gasteiger partial charge in [0.1, 0.15) is 0 Å². The minimum absolute atomic E-state index is 0.819. The molecule has 1 fully saturated rings. The molecule has 1 heterocycles. The normalized spacial score (nSPS) is 22.9. The predicted octanol–water partition coefficient (Wildman–Crippen LogP) is 1.17. The molecule has 0 unspecified atom stereocenters. The summed E-state index contributed by atoms with van der Waals surface area (Å²) in [6.07, 6.45) is 4.80. The van der Waals surface area contributed by atoms with Gasteiger partial charge in [0.05, 0.1) is 0 Å². The lowest BCUT2D eigenvalue weighted by Crippen LogP contribution is -2.25. The van der Waals surface area contributed by atoms with Crippen molar-refractivity contribution in [2.24, 2.45) is 0 Å². The third-order valence-electron chi connectivity index (χ3n) is 1.67. The third kappa shape index (κ3) is 2.61. The summed E-state index contributed by atoms with van der Waals surface area (Å²) < 4.78 is 0. The fourth-order valence-electron chi connectivity index (χ4n) is 1.09. The number of hydrogen-bond acceptors (Lipinski definition) is 2. The second kappa shape index (κ2) is 3.62. The highest BCUT2D eigenvalue weighted by Gasteiger charge is 2.00. The Kier molecular flexibility index (Phi) is 2.71. The van der Waals surface area contributed by atoms with Crippen LogP contribution in [0.3, 0.4) is 0 Å². The predicted molar refractivity (Wildman–Crippen MR) is 39.1 cm³/mol. The van der Waals surface area contributed by atoms with Crippen molar-refractivity contribution in [1.82, 2.24) is 5.32 Å². The van der Waals surface area contributed by atoms with E-state index < -0.39 is 0 Å². The molecule has 0 aromatic heterocycles. The van der Waals surface area contributed by atoms with Crippen LogP contribution >= 0.6 is 0 Å². The molecule has 0 bridgehead atoms. The van der Waals surface area contributed by atoms with Crippen LogP contribution in [0.5, 0.6) is 0 Å². The molecule has 0 radical (unpaired) electrons. The molecule has 9 heavy (non-hydrogen) atoms. The molecule has 1 rings (SSSR count). The van der Waals surface area contributed by atoms with Crippen molar-refractivity contribution in [3.63, 3.8) is 0 Å². The van der Waals surface area contributed by atoms with E-state index >= 15 is 0 Å². The van der Waals surface area contributed by atoms with E-state index in [1.165, 1.54) is 19.3 Å². The Morgan fingerprint density at radius 1 is 1.22 bits per heavy atom. The van der Waals surface area contributed by atoms with Gasteiger partial charge in [-0.2, -0.15) is 0 Å². The fourth-order valence-corrected chi connectivity index (χ4v) is 1.09. The van der Waals surface area contributed by atoms with Gasteiger partial charge >= 0.3 is 0 Å². The van der Waals surface area contributed by atoms with Gasteiger partial charge in [0, 0.05) is 12.3 Å². The second-order valence-corrected chi connectivity index (χ2v) is 2.59. The number of rotatable bonds is 0. The highest BCUT2D eigenvalue weighted by Crippen LogP contribution is 2.01. The minimum atomic E-state index is 0.819. The van der Waals surface area contributed by atoms with Gasteiger partial charge in [-0.1, -0.05) is 6.42 Å². The van der Waals surface area contributed by atoms with Gasteiger partial charge in [0.25, 0.3) is 0 Å². The van der Waals surface area contributed by atoms with E-state index in [1.807, 2.05) is 0 Å². The van der Waals surface area contributed by atoms with Crippen LogP contribution in [0, 0.1) is 5.41 Å². The Bertz CT molecular complexity index is 89.1. The summed E-state index contributed by atoms with van der Waals surface area (Å²) in [4.78, 5) is 0. The van der Waals surface area contributed by atoms with Crippen LogP contribution in [0.1, 0.15) is 25.7 Å². The molecule has 0 atom stereocenters. The smallest absolute Gasteiger partial charge is 0.0332 e. The lowest BCUT2D eigenvalue weighted by atomic mass is 10.1. The van der Waals surface area contributed by atoms with Gasteiger partial charge in [-0.25, -0.2) is 0 Å². The zero-order valence-electron chi connectivity index (χ0n) is 5.74. The molecule has 0 aromatic carbocycles. The minimum Gasteiger partial charge on any atom is -0.311 e. The fraction of sp³-hybridized carbons (Fsp3) is 0.857. The summed E-state index contributed by atoms with van der Waals surface area (Å²) in [5, 5.41) is 10.6. The van der Waals surface area contributed by atoms with Gasteiger partial charge in [-0.3, -0.25) is 0 Å². The van der Waals surface area contributed by atoms with Gasteiger partial charge in [-0.15, -0.1) is 0 Å². The van der Waals surface area contributed by atoms with Crippen LogP contribution in [0.25, 0.3) is 0 Å². The van der Waals surface area contributed by atoms with Crippen molar-refractivity contribution in [1.29, 1.82) is 5.41 Å². The molecular weight excluding hydrogens is 112 g/mol. The van der Waals surface area contributed by atoms with Crippen LogP contribution < -0.4 is 5.32 Å². The summed E-state index contributed by atoms with van der Waals surface area (Å²) >= 11 is 0. The quantitative estimate of drug-likeness (QED) is 0.502. The van der Waals surface area contributed by atoms with Crippen LogP contribution in [-0.2, 0) is 0 Å². The number of nitrogens with one attached hydrogen (secondary N) is 2. The van der Waals surface area contributed by atoms with Crippen molar-refractivity contribution in [2.75, 3.05) is 13.1 Å². The summed E-state index contributed by atoms with van der Waals surface area (Å²) in [7, 11) is 0. The molecule has 2 nitrogen and oxygen atoms in total. The molecule has 1 aliphatic heterocycles. The van der Waals surface area contributed by atoms with Crippen LogP contribution in [-0.4, -0.2) is 18.8 Å². The summed E-state index contributed by atoms with van der Waals surface area (Å²) in [6, 6.07) is 0. The maximum absolute atomic E-state index is 7.36. The summed E-state index contributed by atoms with van der Waals surface area (Å²) in [6.45, 7) is 1.92. The van der Waals surface area contributed by atoms with Crippen molar-refractivity contribution < 1.29 is 0 Å². The van der Waals surface area contributed by atoms with E-state index in [9.17, 15) is 0 Å². The lowest BCUT2D eigenvalue weighted by Gasteiger charge is -2.09. The average Bonchev–Trinajstić information content (AvgIpc) is 1.79. The van der Waals surface area contributed by atoms with E-state index in [1.54, 1.807) is 0 Å². The van der Waals surface area contributed by atoms with Gasteiger partial charge in [0.2, 0.25) is 0 Å². The molecule has 0 saturated carbocycles. The largest absolute Gasteiger partial charge is 0.311 e. The van der Waals surface area contributed by atoms with E-state index in [2.05, 4.69) is 5.32 Å². The Hall–Kier alpha value is -0.370. The van der Waals surface area contributed by atoms with Crippen LogP contribution in [0.15, 0.2) is 0 Å². The standard InChI is InChI=1S/C7H14N2/c8-7-4-2-1-3-5-9-6-7/h8-9H,1-6H2. The molecule has 0 aromatic rings. The van der Waals surface area contributed by atoms with E-state index in [0.717, 1.165) is 25.2 Å². The first-order chi connectivity index (χ1) is 4.39. The van der Waals surface area contributed by atoms with Crippen LogP contribution in [0.2, 0.25) is 0 Å². The maximum Gasteiger partial charge on any atom is 0.0332 e. The average molecular weight is 126 g/mol. The zero-order chi connectivity index (χ0) is 6.53. The molecule has 2 N–H and O–H groups in total. The molecule has 2 heteroatoms. The molecule has 1 saturated heterocycles. The third-order valence-corrected chi connectivity index (χ3v) is 1.67. The van der Waals surface area contributed by atoms with Crippen LogP contribution in [0.4, 0.5) is 0 Å². The molecule has 0 aliphatic carbocycles. The summed E-state index contributed by atoms with van der Waals surface area (Å²) in [5.74, 6) is 0. The first-order valence-corrected chi connectivity index (χ1v) is 3.66. The van der Waals surface area contributed by atoms with Gasteiger partial charge in [-0.05, 0) is 25.8 Å². The topological polar surface area (TPSA) is 35.9 Å². The first kappa shape index (κ1) is 6.75. The van der Waals surface area contributed by atoms with Gasteiger partial charge < -0.3 is 10.7 Å². The summed E-state index contributed by atoms with van der Waals surface area (Å²) in [5.41, 5.74) is 0.870. The van der Waals surface area contributed by atoms with E-state index in [-0.39, 0.29) is 0 Å². The van der Waals surface area contributed by atoms with Crippen molar-refractivity contribution in [3.05, 3.63) is 0 Å². The lowest BCUT2D eigenvalue weighted by molar-refractivity contribution is 0.614. The highest BCUT2D eigenvalue weighted by molar-refractivity contribution is 5.83. The second-order valence-electron chi connectivity index (χ2n) is 2.59. The highest BCUT2D eigenvalue weighted by atomic mass is 14.9. The molecule has 0 amide bonds. The Morgan fingerprint density at radius 3 is 3.00 bits per heavy atom. The monoisotopic (exact) mass is 126 g/mol. The molecule has 52 valence electrons. The van der Waals surface area contributed by atoms with Crippen molar-refractivity contribution in [3.8, 4) is 0 Å². The molecule has 1 aliphatic rings. The SMILES string of the molecule is N=C1CCCCCNC1.